The molecule has 1 aromatic rings. The van der Waals surface area contributed by atoms with Crippen molar-refractivity contribution in [3.63, 3.8) is 0 Å². The van der Waals surface area contributed by atoms with E-state index >= 15 is 0 Å². The van der Waals surface area contributed by atoms with E-state index in [2.05, 4.69) is 21.2 Å². The maximum Gasteiger partial charge on any atom is 0.260 e. The quantitative estimate of drug-likeness (QED) is 0.699. The van der Waals surface area contributed by atoms with Gasteiger partial charge < -0.3 is 20.5 Å². The zero-order valence-corrected chi connectivity index (χ0v) is 14.3. The van der Waals surface area contributed by atoms with Crippen LogP contribution in [0.25, 0.3) is 0 Å². The summed E-state index contributed by atoms with van der Waals surface area (Å²) in [5.41, 5.74) is 6.80. The van der Waals surface area contributed by atoms with Crippen LogP contribution in [0.4, 0.5) is 0 Å². The van der Waals surface area contributed by atoms with Crippen LogP contribution >= 0.6 is 15.9 Å². The first kappa shape index (κ1) is 17.9. The fourth-order valence-electron chi connectivity index (χ4n) is 1.80. The van der Waals surface area contributed by atoms with E-state index in [1.54, 1.807) is 14.0 Å². The standard InChI is InChI=1S/C15H23BrN2O3/c1-10(17)13-9-12(16)5-6-14(13)21-11(2)15(19)18-7-4-8-20-3/h5-6,9-11H,4,7-8,17H2,1-3H3,(H,18,19). The van der Waals surface area contributed by atoms with E-state index in [9.17, 15) is 4.79 Å². The van der Waals surface area contributed by atoms with Crippen LogP contribution in [0.5, 0.6) is 5.75 Å². The minimum Gasteiger partial charge on any atom is -0.481 e. The Labute approximate surface area is 134 Å². The molecule has 118 valence electrons. The molecule has 0 aliphatic carbocycles. The molecule has 0 fully saturated rings. The van der Waals surface area contributed by atoms with Crippen LogP contribution in [0.3, 0.4) is 0 Å². The van der Waals surface area contributed by atoms with Crippen LogP contribution in [-0.4, -0.2) is 32.3 Å². The third-order valence-electron chi connectivity index (χ3n) is 2.96. The lowest BCUT2D eigenvalue weighted by Gasteiger charge is -2.19. The fourth-order valence-corrected chi connectivity index (χ4v) is 2.18. The lowest BCUT2D eigenvalue weighted by molar-refractivity contribution is -0.127. The maximum absolute atomic E-state index is 11.9. The van der Waals surface area contributed by atoms with Crippen LogP contribution in [0.15, 0.2) is 22.7 Å². The van der Waals surface area contributed by atoms with Gasteiger partial charge in [-0.05, 0) is 38.5 Å². The molecule has 0 aromatic heterocycles. The van der Waals surface area contributed by atoms with Crippen LogP contribution in [0.2, 0.25) is 0 Å². The normalized spacial score (nSPS) is 13.6. The first-order valence-electron chi connectivity index (χ1n) is 6.94. The number of methoxy groups -OCH3 is 1. The molecule has 0 aliphatic heterocycles. The Bertz CT molecular complexity index is 466. The van der Waals surface area contributed by atoms with Crippen LogP contribution in [-0.2, 0) is 9.53 Å². The van der Waals surface area contributed by atoms with Crippen LogP contribution in [0, 0.1) is 0 Å². The molecule has 0 saturated carbocycles. The van der Waals surface area contributed by atoms with Gasteiger partial charge in [0.15, 0.2) is 6.10 Å². The van der Waals surface area contributed by atoms with Gasteiger partial charge in [0.2, 0.25) is 0 Å². The second-order valence-corrected chi connectivity index (χ2v) is 5.78. The van der Waals surface area contributed by atoms with Gasteiger partial charge in [-0.15, -0.1) is 0 Å². The maximum atomic E-state index is 11.9. The van der Waals surface area contributed by atoms with Crippen molar-refractivity contribution in [1.82, 2.24) is 5.32 Å². The minimum absolute atomic E-state index is 0.148. The summed E-state index contributed by atoms with van der Waals surface area (Å²) >= 11 is 3.41. The van der Waals surface area contributed by atoms with Gasteiger partial charge in [-0.1, -0.05) is 15.9 Å². The molecule has 2 atom stereocenters. The molecule has 1 rings (SSSR count). The molecule has 1 amide bonds. The predicted octanol–water partition coefficient (Wildman–Crippen LogP) is 2.39. The van der Waals surface area contributed by atoms with E-state index in [1.165, 1.54) is 0 Å². The summed E-state index contributed by atoms with van der Waals surface area (Å²) in [6.45, 7) is 4.79. The molecular weight excluding hydrogens is 336 g/mol. The highest BCUT2D eigenvalue weighted by Crippen LogP contribution is 2.28. The first-order valence-corrected chi connectivity index (χ1v) is 7.73. The topological polar surface area (TPSA) is 73.6 Å². The van der Waals surface area contributed by atoms with E-state index in [0.717, 1.165) is 16.5 Å². The molecule has 0 aliphatic rings. The number of ether oxygens (including phenoxy) is 2. The van der Waals surface area contributed by atoms with Gasteiger partial charge in [0.1, 0.15) is 5.75 Å². The molecule has 2 unspecified atom stereocenters. The van der Waals surface area contributed by atoms with E-state index < -0.39 is 6.10 Å². The molecule has 1 aromatic carbocycles. The van der Waals surface area contributed by atoms with Crippen molar-refractivity contribution in [2.45, 2.75) is 32.4 Å². The average Bonchev–Trinajstić information content (AvgIpc) is 2.44. The summed E-state index contributed by atoms with van der Waals surface area (Å²) in [5.74, 6) is 0.484. The summed E-state index contributed by atoms with van der Waals surface area (Å²) in [5, 5.41) is 2.81. The average molecular weight is 359 g/mol. The zero-order chi connectivity index (χ0) is 15.8. The molecule has 0 spiro atoms. The van der Waals surface area contributed by atoms with Crippen molar-refractivity contribution < 1.29 is 14.3 Å². The number of carbonyl (C=O) groups excluding carboxylic acids is 1. The van der Waals surface area contributed by atoms with Crippen molar-refractivity contribution >= 4 is 21.8 Å². The van der Waals surface area contributed by atoms with Gasteiger partial charge in [0.25, 0.3) is 5.91 Å². The van der Waals surface area contributed by atoms with Gasteiger partial charge in [0.05, 0.1) is 0 Å². The summed E-state index contributed by atoms with van der Waals surface area (Å²) in [6, 6.07) is 5.42. The molecule has 21 heavy (non-hydrogen) atoms. The van der Waals surface area contributed by atoms with Gasteiger partial charge in [-0.3, -0.25) is 4.79 Å². The van der Waals surface area contributed by atoms with Gasteiger partial charge >= 0.3 is 0 Å². The third kappa shape index (κ3) is 6.03. The second kappa shape index (κ2) is 9.02. The van der Waals surface area contributed by atoms with Crippen LogP contribution in [0.1, 0.15) is 31.9 Å². The molecule has 0 radical (unpaired) electrons. The number of nitrogens with two attached hydrogens (primary N) is 1. The lowest BCUT2D eigenvalue weighted by atomic mass is 10.1. The number of hydrogen-bond donors (Lipinski definition) is 2. The minimum atomic E-state index is -0.578. The molecule has 0 saturated heterocycles. The summed E-state index contributed by atoms with van der Waals surface area (Å²) < 4.78 is 11.6. The number of rotatable bonds is 8. The highest BCUT2D eigenvalue weighted by atomic mass is 79.9. The molecule has 0 heterocycles. The Morgan fingerprint density at radius 2 is 2.14 bits per heavy atom. The van der Waals surface area contributed by atoms with Crippen molar-refractivity contribution in [2.24, 2.45) is 5.73 Å². The molecule has 6 heteroatoms. The van der Waals surface area contributed by atoms with Gasteiger partial charge in [-0.2, -0.15) is 0 Å². The Morgan fingerprint density at radius 3 is 2.76 bits per heavy atom. The largest absolute Gasteiger partial charge is 0.481 e. The number of halogens is 1. The van der Waals surface area contributed by atoms with Gasteiger partial charge in [-0.25, -0.2) is 0 Å². The summed E-state index contributed by atoms with van der Waals surface area (Å²) in [7, 11) is 1.64. The Hall–Kier alpha value is -1.11. The molecule has 5 nitrogen and oxygen atoms in total. The van der Waals surface area contributed by atoms with Crippen molar-refractivity contribution in [3.8, 4) is 5.75 Å². The van der Waals surface area contributed by atoms with Gasteiger partial charge in [0, 0.05) is 36.3 Å². The summed E-state index contributed by atoms with van der Waals surface area (Å²) in [6.07, 6.45) is 0.199. The van der Waals surface area contributed by atoms with E-state index in [0.29, 0.717) is 18.9 Å². The van der Waals surface area contributed by atoms with Crippen molar-refractivity contribution in [3.05, 3.63) is 28.2 Å². The van der Waals surface area contributed by atoms with E-state index in [-0.39, 0.29) is 11.9 Å². The Balaban J connectivity index is 2.61. The zero-order valence-electron chi connectivity index (χ0n) is 12.7. The number of carbonyl (C=O) groups is 1. The SMILES string of the molecule is COCCCNC(=O)C(C)Oc1ccc(Br)cc1C(C)N. The van der Waals surface area contributed by atoms with Crippen molar-refractivity contribution in [2.75, 3.05) is 20.3 Å². The predicted molar refractivity (Wildman–Crippen MR) is 86.3 cm³/mol. The third-order valence-corrected chi connectivity index (χ3v) is 3.45. The number of hydrogen-bond acceptors (Lipinski definition) is 4. The van der Waals surface area contributed by atoms with E-state index in [4.69, 9.17) is 15.2 Å². The monoisotopic (exact) mass is 358 g/mol. The Kier molecular flexibility index (Phi) is 7.71. The second-order valence-electron chi connectivity index (χ2n) is 4.87. The Morgan fingerprint density at radius 1 is 1.43 bits per heavy atom. The first-order chi connectivity index (χ1) is 9.95. The highest BCUT2D eigenvalue weighted by molar-refractivity contribution is 9.10. The number of amides is 1. The molecule has 0 bridgehead atoms. The number of benzene rings is 1. The smallest absolute Gasteiger partial charge is 0.260 e. The van der Waals surface area contributed by atoms with Crippen LogP contribution < -0.4 is 15.8 Å². The summed E-state index contributed by atoms with van der Waals surface area (Å²) in [4.78, 5) is 11.9. The fraction of sp³-hybridized carbons (Fsp3) is 0.533. The molecular formula is C15H23BrN2O3. The lowest BCUT2D eigenvalue weighted by Crippen LogP contribution is -2.37. The van der Waals surface area contributed by atoms with E-state index in [1.807, 2.05) is 25.1 Å². The van der Waals surface area contributed by atoms with Crippen molar-refractivity contribution in [1.29, 1.82) is 0 Å². The number of nitrogens with one attached hydrogen (secondary N) is 1. The highest BCUT2D eigenvalue weighted by Gasteiger charge is 2.17. The molecule has 3 N–H and O–H groups in total.